The van der Waals surface area contributed by atoms with Crippen molar-refractivity contribution in [3.63, 3.8) is 0 Å². The Morgan fingerprint density at radius 1 is 0.360 bits per heavy atom. The van der Waals surface area contributed by atoms with Gasteiger partial charge in [0.25, 0.3) is 0 Å². The van der Waals surface area contributed by atoms with Gasteiger partial charge in [-0.05, 0) is 48.5 Å². The van der Waals surface area contributed by atoms with Crippen molar-refractivity contribution in [2.24, 2.45) is 0 Å². The number of fused-ring (bicyclic) bond motifs is 12. The van der Waals surface area contributed by atoms with E-state index in [9.17, 15) is 0 Å². The van der Waals surface area contributed by atoms with Crippen LogP contribution >= 0.6 is 0 Å². The van der Waals surface area contributed by atoms with Crippen LogP contribution in [0.4, 0.5) is 0 Å². The smallest absolute Gasteiger partial charge is 0.146 e. The molecule has 0 saturated heterocycles. The average Bonchev–Trinajstić information content (AvgIpc) is 3.89. The van der Waals surface area contributed by atoms with Crippen molar-refractivity contribution in [2.45, 2.75) is 0 Å². The zero-order valence-corrected chi connectivity index (χ0v) is 27.2. The SMILES string of the molecule is COc1cc2oc3cc4c(cc3c2cc1-n1c2ccccc2c2ccccc21)oc1cc(OC)c(-n2c3ccccc3c3ccccc32)cc14. The molecular weight excluding hydrogens is 620 g/mol. The van der Waals surface area contributed by atoms with Crippen LogP contribution < -0.4 is 9.47 Å². The van der Waals surface area contributed by atoms with Gasteiger partial charge in [0, 0.05) is 55.2 Å². The topological polar surface area (TPSA) is 54.6 Å². The number of rotatable bonds is 4. The van der Waals surface area contributed by atoms with Gasteiger partial charge in [-0.25, -0.2) is 0 Å². The van der Waals surface area contributed by atoms with Crippen molar-refractivity contribution >= 4 is 87.5 Å². The fourth-order valence-electron chi connectivity index (χ4n) is 8.12. The molecule has 0 atom stereocenters. The van der Waals surface area contributed by atoms with Gasteiger partial charge >= 0.3 is 0 Å². The molecule has 6 heteroatoms. The maximum atomic E-state index is 6.57. The van der Waals surface area contributed by atoms with Crippen LogP contribution in [0.1, 0.15) is 0 Å². The predicted octanol–water partition coefficient (Wildman–Crippen LogP) is 11.7. The van der Waals surface area contributed by atoms with E-state index in [0.29, 0.717) is 0 Å². The molecule has 4 heterocycles. The van der Waals surface area contributed by atoms with Gasteiger partial charge in [-0.1, -0.05) is 72.8 Å². The van der Waals surface area contributed by atoms with Crippen molar-refractivity contribution < 1.29 is 18.3 Å². The quantitative estimate of drug-likeness (QED) is 0.191. The van der Waals surface area contributed by atoms with Crippen LogP contribution in [0.2, 0.25) is 0 Å². The van der Waals surface area contributed by atoms with E-state index in [2.05, 4.69) is 130 Å². The minimum Gasteiger partial charge on any atom is -0.494 e. The van der Waals surface area contributed by atoms with Crippen LogP contribution in [0.3, 0.4) is 0 Å². The molecule has 0 aliphatic carbocycles. The number of para-hydroxylation sites is 4. The molecule has 11 rings (SSSR count). The highest BCUT2D eigenvalue weighted by Gasteiger charge is 2.22. The van der Waals surface area contributed by atoms with Gasteiger partial charge in [-0.3, -0.25) is 0 Å². The highest BCUT2D eigenvalue weighted by atomic mass is 16.5. The number of hydrogen-bond donors (Lipinski definition) is 0. The maximum Gasteiger partial charge on any atom is 0.146 e. The van der Waals surface area contributed by atoms with Crippen molar-refractivity contribution in [2.75, 3.05) is 14.2 Å². The Hall–Kier alpha value is -6.66. The van der Waals surface area contributed by atoms with Gasteiger partial charge in [0.15, 0.2) is 0 Å². The van der Waals surface area contributed by atoms with Crippen LogP contribution in [0.5, 0.6) is 11.5 Å². The summed E-state index contributed by atoms with van der Waals surface area (Å²) in [5.74, 6) is 1.47. The summed E-state index contributed by atoms with van der Waals surface area (Å²) in [7, 11) is 3.42. The highest BCUT2D eigenvalue weighted by Crippen LogP contribution is 2.44. The second-order valence-corrected chi connectivity index (χ2v) is 12.8. The lowest BCUT2D eigenvalue weighted by molar-refractivity contribution is 0.413. The summed E-state index contributed by atoms with van der Waals surface area (Å²) in [5, 5.41) is 8.72. The van der Waals surface area contributed by atoms with Gasteiger partial charge in [0.05, 0.1) is 47.7 Å². The Morgan fingerprint density at radius 3 is 1.00 bits per heavy atom. The normalized spacial score (nSPS) is 12.2. The fraction of sp³-hybridized carbons (Fsp3) is 0.0455. The van der Waals surface area contributed by atoms with Crippen molar-refractivity contribution in [1.29, 1.82) is 0 Å². The number of methoxy groups -OCH3 is 2. The first-order chi connectivity index (χ1) is 24.7. The summed E-state index contributed by atoms with van der Waals surface area (Å²) in [5.41, 5.74) is 9.45. The molecule has 0 aliphatic rings. The zero-order chi connectivity index (χ0) is 33.1. The zero-order valence-electron chi connectivity index (χ0n) is 27.2. The Labute approximate surface area is 284 Å². The molecule has 11 aromatic rings. The molecule has 50 heavy (non-hydrogen) atoms. The number of ether oxygens (including phenoxy) is 2. The van der Waals surface area contributed by atoms with E-state index in [1.807, 2.05) is 12.1 Å². The highest BCUT2D eigenvalue weighted by molar-refractivity contribution is 6.17. The third-order valence-corrected chi connectivity index (χ3v) is 10.3. The third kappa shape index (κ3) is 3.57. The first kappa shape index (κ1) is 27.3. The largest absolute Gasteiger partial charge is 0.494 e. The van der Waals surface area contributed by atoms with E-state index in [-0.39, 0.29) is 0 Å². The molecule has 0 radical (unpaired) electrons. The Kier molecular flexibility index (Phi) is 5.43. The van der Waals surface area contributed by atoms with E-state index in [4.69, 9.17) is 18.3 Å². The van der Waals surface area contributed by atoms with Crippen molar-refractivity contribution in [3.8, 4) is 22.9 Å². The monoisotopic (exact) mass is 648 g/mol. The summed E-state index contributed by atoms with van der Waals surface area (Å²) in [6.45, 7) is 0. The molecule has 0 bridgehead atoms. The first-order valence-corrected chi connectivity index (χ1v) is 16.7. The molecule has 0 saturated carbocycles. The number of nitrogens with zero attached hydrogens (tertiary/aromatic N) is 2. The van der Waals surface area contributed by atoms with Crippen molar-refractivity contribution in [3.05, 3.63) is 133 Å². The molecule has 0 unspecified atom stereocenters. The molecule has 238 valence electrons. The number of hydrogen-bond acceptors (Lipinski definition) is 4. The van der Waals surface area contributed by atoms with Crippen LogP contribution in [-0.4, -0.2) is 23.4 Å². The van der Waals surface area contributed by atoms with E-state index in [0.717, 1.165) is 88.8 Å². The molecule has 7 aromatic carbocycles. The molecule has 0 spiro atoms. The fourth-order valence-corrected chi connectivity index (χ4v) is 8.12. The van der Waals surface area contributed by atoms with E-state index in [1.165, 1.54) is 21.5 Å². The number of furan rings is 2. The minimum absolute atomic E-state index is 0.736. The summed E-state index contributed by atoms with van der Waals surface area (Å²) in [4.78, 5) is 0. The maximum absolute atomic E-state index is 6.57. The standard InChI is InChI=1S/C44H28N2O4/c1-47-43-23-41-29(19-37(43)45-33-15-7-3-11-25(33)26-12-4-8-16-34(26)45)31-21-40-32(22-39(31)49-41)30-20-38(44(48-2)24-42(30)50-40)46-35-17-9-5-13-27(35)28-14-6-10-18-36(28)46/h3-24H,1-2H3. The summed E-state index contributed by atoms with van der Waals surface area (Å²) < 4.78 is 29.7. The molecule has 0 N–H and O–H groups in total. The molecule has 0 aliphatic heterocycles. The Morgan fingerprint density at radius 2 is 0.660 bits per heavy atom. The lowest BCUT2D eigenvalue weighted by Gasteiger charge is -2.13. The molecule has 4 aromatic heterocycles. The summed E-state index contributed by atoms with van der Waals surface area (Å²) in [6, 6.07) is 46.5. The molecule has 0 amide bonds. The Bertz CT molecular complexity index is 2870. The second-order valence-electron chi connectivity index (χ2n) is 12.8. The lowest BCUT2D eigenvalue weighted by Crippen LogP contribution is -1.98. The van der Waals surface area contributed by atoms with Crippen LogP contribution in [0.15, 0.2) is 142 Å². The molecule has 6 nitrogen and oxygen atoms in total. The average molecular weight is 649 g/mol. The van der Waals surface area contributed by atoms with E-state index < -0.39 is 0 Å². The predicted molar refractivity (Wildman–Crippen MR) is 203 cm³/mol. The molecule has 0 fully saturated rings. The molecular formula is C44H28N2O4. The van der Waals surface area contributed by atoms with Crippen molar-refractivity contribution in [1.82, 2.24) is 9.13 Å². The van der Waals surface area contributed by atoms with Crippen LogP contribution in [0, 0.1) is 0 Å². The minimum atomic E-state index is 0.736. The summed E-state index contributed by atoms with van der Waals surface area (Å²) >= 11 is 0. The number of aromatic nitrogens is 2. The van der Waals surface area contributed by atoms with Gasteiger partial charge < -0.3 is 27.4 Å². The Balaban J connectivity index is 1.17. The second kappa shape index (κ2) is 9.94. The van der Waals surface area contributed by atoms with Gasteiger partial charge in [-0.15, -0.1) is 0 Å². The van der Waals surface area contributed by atoms with Gasteiger partial charge in [-0.2, -0.15) is 0 Å². The van der Waals surface area contributed by atoms with Crippen LogP contribution in [0.25, 0.3) is 98.9 Å². The van der Waals surface area contributed by atoms with Gasteiger partial charge in [0.2, 0.25) is 0 Å². The van der Waals surface area contributed by atoms with E-state index in [1.54, 1.807) is 14.2 Å². The van der Waals surface area contributed by atoms with Gasteiger partial charge in [0.1, 0.15) is 33.8 Å². The van der Waals surface area contributed by atoms with E-state index >= 15 is 0 Å². The first-order valence-electron chi connectivity index (χ1n) is 16.7. The third-order valence-electron chi connectivity index (χ3n) is 10.3. The lowest BCUT2D eigenvalue weighted by atomic mass is 10.1. The van der Waals surface area contributed by atoms with Crippen LogP contribution in [-0.2, 0) is 0 Å². The number of benzene rings is 7. The summed E-state index contributed by atoms with van der Waals surface area (Å²) in [6.07, 6.45) is 0.